The predicted octanol–water partition coefficient (Wildman–Crippen LogP) is 1.49. The second-order valence-corrected chi connectivity index (χ2v) is 2.56. The fourth-order valence-corrected chi connectivity index (χ4v) is 0.785. The van der Waals surface area contributed by atoms with Crippen molar-refractivity contribution >= 4 is 11.6 Å². The third-order valence-electron chi connectivity index (χ3n) is 1.54. The molecule has 1 aromatic carbocycles. The minimum absolute atomic E-state index is 0.0150. The van der Waals surface area contributed by atoms with Crippen LogP contribution in [0.5, 0.6) is 0 Å². The van der Waals surface area contributed by atoms with Crippen LogP contribution in [0.3, 0.4) is 0 Å². The first kappa shape index (κ1) is 8.59. The number of anilines is 1. The van der Waals surface area contributed by atoms with Crippen molar-refractivity contribution in [3.63, 3.8) is 0 Å². The first-order chi connectivity index (χ1) is 5.70. The highest BCUT2D eigenvalue weighted by Gasteiger charge is 1.99. The summed E-state index contributed by atoms with van der Waals surface area (Å²) >= 11 is 0. The number of benzene rings is 1. The van der Waals surface area contributed by atoms with E-state index in [1.165, 1.54) is 11.9 Å². The highest BCUT2D eigenvalue weighted by Crippen LogP contribution is 2.05. The summed E-state index contributed by atoms with van der Waals surface area (Å²) in [5.74, 6) is -0.0150. The average molecular weight is 164 g/mol. The van der Waals surface area contributed by atoms with Crippen LogP contribution < -0.4 is 5.43 Å². The van der Waals surface area contributed by atoms with Crippen LogP contribution in [0.4, 0.5) is 5.69 Å². The minimum atomic E-state index is -0.0150. The van der Waals surface area contributed by atoms with Gasteiger partial charge < -0.3 is 0 Å². The van der Waals surface area contributed by atoms with E-state index in [1.54, 1.807) is 7.05 Å². The Balaban J connectivity index is 2.58. The first-order valence-electron chi connectivity index (χ1n) is 3.76. The second-order valence-electron chi connectivity index (χ2n) is 2.56. The third-order valence-corrected chi connectivity index (χ3v) is 1.54. The number of hydrogen-bond acceptors (Lipinski definition) is 2. The Bertz CT molecular complexity index is 258. The number of hydrogen-bond donors (Lipinski definition) is 1. The maximum absolute atomic E-state index is 10.8. The predicted molar refractivity (Wildman–Crippen MR) is 48.5 cm³/mol. The standard InChI is InChI=1S/C9H12N2O/c1-8(12)11(2)10-9-6-4-3-5-7-9/h3-7,10H,1-2H3. The van der Waals surface area contributed by atoms with E-state index in [9.17, 15) is 4.79 Å². The van der Waals surface area contributed by atoms with Crippen molar-refractivity contribution in [1.82, 2.24) is 5.01 Å². The molecule has 1 N–H and O–H groups in total. The van der Waals surface area contributed by atoms with E-state index < -0.39 is 0 Å². The first-order valence-corrected chi connectivity index (χ1v) is 3.76. The number of para-hydroxylation sites is 1. The number of nitrogens with zero attached hydrogens (tertiary/aromatic N) is 1. The molecule has 0 aromatic heterocycles. The van der Waals surface area contributed by atoms with Crippen molar-refractivity contribution in [3.8, 4) is 0 Å². The number of amides is 1. The maximum Gasteiger partial charge on any atom is 0.237 e. The van der Waals surface area contributed by atoms with Gasteiger partial charge in [0.25, 0.3) is 0 Å². The molecule has 1 rings (SSSR count). The molecule has 0 saturated carbocycles. The van der Waals surface area contributed by atoms with Gasteiger partial charge in [0, 0.05) is 14.0 Å². The maximum atomic E-state index is 10.8. The Hall–Kier alpha value is -1.51. The molecular formula is C9H12N2O. The van der Waals surface area contributed by atoms with E-state index in [0.29, 0.717) is 0 Å². The largest absolute Gasteiger partial charge is 0.296 e. The Morgan fingerprint density at radius 2 is 1.92 bits per heavy atom. The topological polar surface area (TPSA) is 32.3 Å². The quantitative estimate of drug-likeness (QED) is 0.672. The van der Waals surface area contributed by atoms with Crippen LogP contribution in [0.15, 0.2) is 30.3 Å². The number of nitrogens with one attached hydrogen (secondary N) is 1. The lowest BCUT2D eigenvalue weighted by Gasteiger charge is -2.16. The van der Waals surface area contributed by atoms with Crippen LogP contribution in [0.25, 0.3) is 0 Å². The Labute approximate surface area is 72.0 Å². The normalized spacial score (nSPS) is 9.17. The SMILES string of the molecule is CC(=O)N(C)Nc1ccccc1. The summed E-state index contributed by atoms with van der Waals surface area (Å²) in [4.78, 5) is 10.8. The van der Waals surface area contributed by atoms with E-state index in [4.69, 9.17) is 0 Å². The Kier molecular flexibility index (Phi) is 2.69. The zero-order chi connectivity index (χ0) is 8.97. The van der Waals surface area contributed by atoms with Crippen molar-refractivity contribution in [2.75, 3.05) is 12.5 Å². The average Bonchev–Trinajstić information content (AvgIpc) is 2.06. The van der Waals surface area contributed by atoms with Crippen molar-refractivity contribution in [3.05, 3.63) is 30.3 Å². The molecule has 0 radical (unpaired) electrons. The van der Waals surface area contributed by atoms with Crippen LogP contribution in [0, 0.1) is 0 Å². The van der Waals surface area contributed by atoms with Crippen molar-refractivity contribution in [1.29, 1.82) is 0 Å². The molecule has 0 aliphatic heterocycles. The second kappa shape index (κ2) is 3.76. The van der Waals surface area contributed by atoms with Crippen LogP contribution >= 0.6 is 0 Å². The summed E-state index contributed by atoms with van der Waals surface area (Å²) in [6, 6.07) is 9.56. The molecule has 64 valence electrons. The smallest absolute Gasteiger partial charge is 0.237 e. The molecule has 0 fully saturated rings. The van der Waals surface area contributed by atoms with Crippen LogP contribution in [-0.4, -0.2) is 18.0 Å². The van der Waals surface area contributed by atoms with E-state index in [-0.39, 0.29) is 5.91 Å². The van der Waals surface area contributed by atoms with Crippen molar-refractivity contribution < 1.29 is 4.79 Å². The van der Waals surface area contributed by atoms with E-state index in [0.717, 1.165) is 5.69 Å². The van der Waals surface area contributed by atoms with Gasteiger partial charge in [0.2, 0.25) is 5.91 Å². The molecule has 0 aliphatic rings. The van der Waals surface area contributed by atoms with Gasteiger partial charge in [0.15, 0.2) is 0 Å². The molecule has 0 atom stereocenters. The van der Waals surface area contributed by atoms with Gasteiger partial charge in [-0.25, -0.2) is 0 Å². The minimum Gasteiger partial charge on any atom is -0.296 e. The molecule has 3 nitrogen and oxygen atoms in total. The summed E-state index contributed by atoms with van der Waals surface area (Å²) in [5, 5.41) is 1.44. The zero-order valence-electron chi connectivity index (χ0n) is 7.24. The lowest BCUT2D eigenvalue weighted by atomic mass is 10.3. The summed E-state index contributed by atoms with van der Waals surface area (Å²) in [6.45, 7) is 1.51. The molecule has 1 aromatic rings. The van der Waals surface area contributed by atoms with Gasteiger partial charge in [-0.1, -0.05) is 18.2 Å². The van der Waals surface area contributed by atoms with Gasteiger partial charge in [0.05, 0.1) is 5.69 Å². The van der Waals surface area contributed by atoms with Gasteiger partial charge in [-0.15, -0.1) is 0 Å². The van der Waals surface area contributed by atoms with Gasteiger partial charge in [0.1, 0.15) is 0 Å². The van der Waals surface area contributed by atoms with E-state index >= 15 is 0 Å². The van der Waals surface area contributed by atoms with Gasteiger partial charge in [-0.3, -0.25) is 15.2 Å². The lowest BCUT2D eigenvalue weighted by molar-refractivity contribution is -0.126. The summed E-state index contributed by atoms with van der Waals surface area (Å²) < 4.78 is 0. The molecule has 0 heterocycles. The molecule has 3 heteroatoms. The highest BCUT2D eigenvalue weighted by atomic mass is 16.2. The van der Waals surface area contributed by atoms with E-state index in [1.807, 2.05) is 30.3 Å². The highest BCUT2D eigenvalue weighted by molar-refractivity contribution is 5.74. The van der Waals surface area contributed by atoms with Gasteiger partial charge in [-0.05, 0) is 12.1 Å². The molecule has 12 heavy (non-hydrogen) atoms. The number of hydrazine groups is 1. The molecule has 0 aliphatic carbocycles. The third kappa shape index (κ3) is 2.27. The van der Waals surface area contributed by atoms with Gasteiger partial charge >= 0.3 is 0 Å². The lowest BCUT2D eigenvalue weighted by Crippen LogP contribution is -2.29. The molecule has 0 spiro atoms. The monoisotopic (exact) mass is 164 g/mol. The molecule has 0 bridgehead atoms. The Morgan fingerprint density at radius 1 is 1.33 bits per heavy atom. The summed E-state index contributed by atoms with van der Waals surface area (Å²) in [5.41, 5.74) is 3.84. The number of rotatable bonds is 2. The molecule has 0 saturated heterocycles. The van der Waals surface area contributed by atoms with Crippen molar-refractivity contribution in [2.45, 2.75) is 6.92 Å². The zero-order valence-corrected chi connectivity index (χ0v) is 7.24. The number of carbonyl (C=O) groups excluding carboxylic acids is 1. The molecular weight excluding hydrogens is 152 g/mol. The van der Waals surface area contributed by atoms with Crippen LogP contribution in [0.2, 0.25) is 0 Å². The Morgan fingerprint density at radius 3 is 2.42 bits per heavy atom. The fourth-order valence-electron chi connectivity index (χ4n) is 0.785. The summed E-state index contributed by atoms with van der Waals surface area (Å²) in [7, 11) is 1.69. The van der Waals surface area contributed by atoms with Crippen molar-refractivity contribution in [2.24, 2.45) is 0 Å². The fraction of sp³-hybridized carbons (Fsp3) is 0.222. The van der Waals surface area contributed by atoms with Crippen LogP contribution in [-0.2, 0) is 4.79 Å². The van der Waals surface area contributed by atoms with Crippen LogP contribution in [0.1, 0.15) is 6.92 Å². The van der Waals surface area contributed by atoms with E-state index in [2.05, 4.69) is 5.43 Å². The van der Waals surface area contributed by atoms with Gasteiger partial charge in [-0.2, -0.15) is 0 Å². The molecule has 1 amide bonds. The molecule has 0 unspecified atom stereocenters. The summed E-state index contributed by atoms with van der Waals surface area (Å²) in [6.07, 6.45) is 0. The number of carbonyl (C=O) groups is 1.